The summed E-state index contributed by atoms with van der Waals surface area (Å²) in [6.45, 7) is 0.386. The number of aliphatic hydroxyl groups excluding tert-OH is 1. The molecular formula is C28H25ClN2O5. The van der Waals surface area contributed by atoms with Gasteiger partial charge in [-0.25, -0.2) is 0 Å². The lowest BCUT2D eigenvalue weighted by Crippen LogP contribution is -2.31. The fourth-order valence-corrected chi connectivity index (χ4v) is 4.64. The largest absolute Gasteiger partial charge is 0.507 e. The number of benzene rings is 3. The number of fused-ring (bicyclic) bond motifs is 1. The quantitative estimate of drug-likeness (QED) is 0.295. The third-order valence-electron chi connectivity index (χ3n) is 6.47. The lowest BCUT2D eigenvalue weighted by molar-refractivity contribution is -0.139. The Bertz CT molecular complexity index is 1350. The summed E-state index contributed by atoms with van der Waals surface area (Å²) in [4.78, 5) is 30.0. The fraction of sp³-hybridized carbons (Fsp3) is 0.214. The normalized spacial score (nSPS) is 18.1. The monoisotopic (exact) mass is 504 g/mol. The Balaban J connectivity index is 1.56. The minimum Gasteiger partial charge on any atom is -0.507 e. The first-order valence-electron chi connectivity index (χ1n) is 11.5. The molecule has 0 spiro atoms. The molecule has 2 aliphatic heterocycles. The minimum atomic E-state index is -0.737. The van der Waals surface area contributed by atoms with Crippen molar-refractivity contribution in [2.75, 3.05) is 32.3 Å². The Morgan fingerprint density at radius 3 is 2.39 bits per heavy atom. The standard InChI is InChI=1S/C28H25ClN2O5/c1-30(2)21-10-5-18(6-11-21)25-24(26(32)19-7-12-22-23(15-19)36-16-35-22)27(33)28(34)31(25)14-13-17-3-8-20(29)9-4-17/h3-12,15,25,32H,13-14,16H2,1-2H3/b26-24-. The summed E-state index contributed by atoms with van der Waals surface area (Å²) in [5.41, 5.74) is 3.13. The minimum absolute atomic E-state index is 0.0487. The number of hydrogen-bond acceptors (Lipinski definition) is 6. The first-order valence-corrected chi connectivity index (χ1v) is 11.9. The number of nitrogens with zero attached hydrogens (tertiary/aromatic N) is 2. The zero-order valence-electron chi connectivity index (χ0n) is 19.9. The maximum absolute atomic E-state index is 13.3. The van der Waals surface area contributed by atoms with Crippen LogP contribution in [-0.2, 0) is 16.0 Å². The molecule has 184 valence electrons. The third-order valence-corrected chi connectivity index (χ3v) is 6.72. The number of carbonyl (C=O) groups excluding carboxylic acids is 2. The highest BCUT2D eigenvalue weighted by Crippen LogP contribution is 2.41. The molecule has 1 atom stereocenters. The number of hydrogen-bond donors (Lipinski definition) is 1. The topological polar surface area (TPSA) is 79.3 Å². The van der Waals surface area contributed by atoms with E-state index < -0.39 is 17.7 Å². The van der Waals surface area contributed by atoms with Gasteiger partial charge in [0, 0.05) is 36.9 Å². The number of aliphatic hydroxyl groups is 1. The van der Waals surface area contributed by atoms with Gasteiger partial charge in [-0.2, -0.15) is 0 Å². The Hall–Kier alpha value is -3.97. The average Bonchev–Trinajstić information content (AvgIpc) is 3.45. The Morgan fingerprint density at radius 1 is 1.00 bits per heavy atom. The van der Waals surface area contributed by atoms with Gasteiger partial charge < -0.3 is 24.4 Å². The molecule has 0 aromatic heterocycles. The molecule has 1 unspecified atom stereocenters. The Morgan fingerprint density at radius 2 is 1.69 bits per heavy atom. The highest BCUT2D eigenvalue weighted by atomic mass is 35.5. The molecule has 1 saturated heterocycles. The number of amides is 1. The Kier molecular flexibility index (Phi) is 6.33. The maximum atomic E-state index is 13.3. The molecule has 7 nitrogen and oxygen atoms in total. The lowest BCUT2D eigenvalue weighted by atomic mass is 9.94. The molecule has 5 rings (SSSR count). The molecule has 3 aromatic rings. The summed E-state index contributed by atoms with van der Waals surface area (Å²) >= 11 is 6.00. The molecule has 1 fully saturated rings. The van der Waals surface area contributed by atoms with Crippen molar-refractivity contribution in [3.63, 3.8) is 0 Å². The van der Waals surface area contributed by atoms with Gasteiger partial charge in [0.25, 0.3) is 11.7 Å². The number of carbonyl (C=O) groups is 2. The van der Waals surface area contributed by atoms with Crippen molar-refractivity contribution in [1.29, 1.82) is 0 Å². The zero-order valence-corrected chi connectivity index (χ0v) is 20.7. The summed E-state index contributed by atoms with van der Waals surface area (Å²) in [5, 5.41) is 11.9. The van der Waals surface area contributed by atoms with Crippen LogP contribution in [-0.4, -0.2) is 49.1 Å². The molecule has 2 heterocycles. The van der Waals surface area contributed by atoms with Gasteiger partial charge >= 0.3 is 0 Å². The summed E-state index contributed by atoms with van der Waals surface area (Å²) in [5.74, 6) is -0.577. The first kappa shape index (κ1) is 23.8. The second-order valence-electron chi connectivity index (χ2n) is 8.92. The van der Waals surface area contributed by atoms with E-state index in [2.05, 4.69) is 0 Å². The van der Waals surface area contributed by atoms with Crippen molar-refractivity contribution in [3.8, 4) is 11.5 Å². The molecule has 36 heavy (non-hydrogen) atoms. The van der Waals surface area contributed by atoms with Crippen LogP contribution in [0.5, 0.6) is 11.5 Å². The van der Waals surface area contributed by atoms with E-state index in [4.69, 9.17) is 21.1 Å². The lowest BCUT2D eigenvalue weighted by Gasteiger charge is -2.26. The molecule has 1 amide bonds. The number of likely N-dealkylation sites (tertiary alicyclic amines) is 1. The van der Waals surface area contributed by atoms with Crippen LogP contribution in [0.4, 0.5) is 5.69 Å². The number of Topliss-reactive ketones (excluding diaryl/α,β-unsaturated/α-hetero) is 1. The summed E-state index contributed by atoms with van der Waals surface area (Å²) in [6.07, 6.45) is 0.528. The second kappa shape index (κ2) is 9.59. The van der Waals surface area contributed by atoms with Gasteiger partial charge in [0.2, 0.25) is 6.79 Å². The van der Waals surface area contributed by atoms with Crippen LogP contribution >= 0.6 is 11.6 Å². The van der Waals surface area contributed by atoms with E-state index in [0.29, 0.717) is 35.1 Å². The molecule has 2 aliphatic rings. The van der Waals surface area contributed by atoms with Crippen LogP contribution in [0.2, 0.25) is 5.02 Å². The number of ether oxygens (including phenoxy) is 2. The molecular weight excluding hydrogens is 480 g/mol. The summed E-state index contributed by atoms with van der Waals surface area (Å²) in [7, 11) is 3.87. The molecule has 3 aromatic carbocycles. The second-order valence-corrected chi connectivity index (χ2v) is 9.36. The van der Waals surface area contributed by atoms with Crippen LogP contribution in [0, 0.1) is 0 Å². The number of ketones is 1. The predicted molar refractivity (Wildman–Crippen MR) is 137 cm³/mol. The molecule has 0 bridgehead atoms. The zero-order chi connectivity index (χ0) is 25.4. The van der Waals surface area contributed by atoms with Crippen LogP contribution < -0.4 is 14.4 Å². The van der Waals surface area contributed by atoms with Crippen molar-refractivity contribution < 1.29 is 24.2 Å². The van der Waals surface area contributed by atoms with Crippen molar-refractivity contribution in [3.05, 3.63) is 94.0 Å². The van der Waals surface area contributed by atoms with Crippen molar-refractivity contribution in [2.45, 2.75) is 12.5 Å². The number of anilines is 1. The fourth-order valence-electron chi connectivity index (χ4n) is 4.51. The average molecular weight is 505 g/mol. The summed E-state index contributed by atoms with van der Waals surface area (Å²) < 4.78 is 10.8. The van der Waals surface area contributed by atoms with Gasteiger partial charge in [-0.3, -0.25) is 9.59 Å². The van der Waals surface area contributed by atoms with Gasteiger partial charge in [-0.1, -0.05) is 35.9 Å². The molecule has 0 aliphatic carbocycles. The maximum Gasteiger partial charge on any atom is 0.295 e. The van der Waals surface area contributed by atoms with E-state index in [-0.39, 0.29) is 18.1 Å². The van der Waals surface area contributed by atoms with Crippen molar-refractivity contribution in [1.82, 2.24) is 4.90 Å². The smallest absolute Gasteiger partial charge is 0.295 e. The van der Waals surface area contributed by atoms with E-state index in [9.17, 15) is 14.7 Å². The number of rotatable bonds is 6. The SMILES string of the molecule is CN(C)c1ccc(C2/C(=C(/O)c3ccc4c(c3)OCO4)C(=O)C(=O)N2CCc2ccc(Cl)cc2)cc1. The van der Waals surface area contributed by atoms with Crippen LogP contribution in [0.3, 0.4) is 0 Å². The predicted octanol–water partition coefficient (Wildman–Crippen LogP) is 4.80. The molecule has 0 saturated carbocycles. The van der Waals surface area contributed by atoms with Crippen LogP contribution in [0.25, 0.3) is 5.76 Å². The van der Waals surface area contributed by atoms with Crippen LogP contribution in [0.1, 0.15) is 22.7 Å². The highest BCUT2D eigenvalue weighted by Gasteiger charge is 2.46. The van der Waals surface area contributed by atoms with Gasteiger partial charge in [-0.05, 0) is 60.0 Å². The van der Waals surface area contributed by atoms with Crippen molar-refractivity contribution in [2.24, 2.45) is 0 Å². The van der Waals surface area contributed by atoms with E-state index >= 15 is 0 Å². The highest BCUT2D eigenvalue weighted by molar-refractivity contribution is 6.46. The molecule has 8 heteroatoms. The van der Waals surface area contributed by atoms with E-state index in [0.717, 1.165) is 16.8 Å². The Labute approximate surface area is 214 Å². The van der Waals surface area contributed by atoms with E-state index in [1.807, 2.05) is 55.4 Å². The number of halogens is 1. The third kappa shape index (κ3) is 4.38. The molecule has 0 radical (unpaired) electrons. The van der Waals surface area contributed by atoms with Crippen LogP contribution in [0.15, 0.2) is 72.3 Å². The van der Waals surface area contributed by atoms with E-state index in [1.54, 1.807) is 30.3 Å². The summed E-state index contributed by atoms with van der Waals surface area (Å²) in [6, 6.07) is 19.2. The first-order chi connectivity index (χ1) is 17.3. The van der Waals surface area contributed by atoms with Gasteiger partial charge in [0.05, 0.1) is 11.6 Å². The van der Waals surface area contributed by atoms with Gasteiger partial charge in [0.1, 0.15) is 5.76 Å². The van der Waals surface area contributed by atoms with Gasteiger partial charge in [-0.15, -0.1) is 0 Å². The van der Waals surface area contributed by atoms with E-state index in [1.165, 1.54) is 4.90 Å². The molecule has 1 N–H and O–H groups in total. The van der Waals surface area contributed by atoms with Gasteiger partial charge in [0.15, 0.2) is 11.5 Å². The van der Waals surface area contributed by atoms with Crippen molar-refractivity contribution >= 4 is 34.7 Å².